The summed E-state index contributed by atoms with van der Waals surface area (Å²) in [5.74, 6) is 0. The van der Waals surface area contributed by atoms with Crippen molar-refractivity contribution in [3.8, 4) is 22.3 Å². The number of para-hydroxylation sites is 2. The van der Waals surface area contributed by atoms with Gasteiger partial charge in [0.2, 0.25) is 0 Å². The molecule has 59 heavy (non-hydrogen) atoms. The minimum absolute atomic E-state index is 0.0564. The molecule has 0 saturated heterocycles. The third-order valence-electron chi connectivity index (χ3n) is 15.3. The summed E-state index contributed by atoms with van der Waals surface area (Å²) in [5.41, 5.74) is 24.0. The molecule has 0 amide bonds. The number of hydrogen-bond acceptors (Lipinski definition) is 2. The molecule has 1 N–H and O–H groups in total. The smallest absolute Gasteiger partial charge is 0.197 e. The second-order valence-corrected chi connectivity index (χ2v) is 21.5. The number of fused-ring (bicyclic) bond motifs is 6. The maximum absolute atomic E-state index is 3.98. The average molecular weight is 772 g/mol. The van der Waals surface area contributed by atoms with Crippen LogP contribution in [0.25, 0.3) is 22.3 Å². The fourth-order valence-corrected chi connectivity index (χ4v) is 11.3. The number of aryl methyl sites for hydroxylation is 1. The fourth-order valence-electron chi connectivity index (χ4n) is 11.3. The van der Waals surface area contributed by atoms with E-state index in [4.69, 9.17) is 0 Å². The van der Waals surface area contributed by atoms with Gasteiger partial charge in [-0.25, -0.2) is 0 Å². The van der Waals surface area contributed by atoms with Crippen LogP contribution in [0, 0.1) is 6.92 Å². The first-order valence-corrected chi connectivity index (χ1v) is 22.1. The minimum atomic E-state index is -0.171. The summed E-state index contributed by atoms with van der Waals surface area (Å²) in [5, 5.41) is 3.98. The topological polar surface area (TPSA) is 15.3 Å². The predicted octanol–water partition coefficient (Wildman–Crippen LogP) is 13.8. The highest BCUT2D eigenvalue weighted by Gasteiger charge is 2.46. The lowest BCUT2D eigenvalue weighted by Crippen LogP contribution is -2.46. The van der Waals surface area contributed by atoms with Crippen LogP contribution in [0.15, 0.2) is 109 Å². The van der Waals surface area contributed by atoms with Crippen molar-refractivity contribution in [2.24, 2.45) is 0 Å². The van der Waals surface area contributed by atoms with Gasteiger partial charge >= 0.3 is 0 Å². The molecule has 2 aliphatic heterocycles. The SMILES string of the molecule is Cc1ccccc1-c1cc(-c2cc3c(cc2Nc2ccccc2)C(C)(C)CCC3(C)C)c2c(c1)N1c3cc4c(cc3C(C)(C)c3cccc(c31)[B]2)C(C)(C)CCC4(C)C. The van der Waals surface area contributed by atoms with Gasteiger partial charge in [-0.05, 0) is 158 Å². The normalized spacial score (nSPS) is 19.3. The molecule has 0 fully saturated rings. The van der Waals surface area contributed by atoms with Crippen LogP contribution in [-0.2, 0) is 27.1 Å². The van der Waals surface area contributed by atoms with Gasteiger partial charge in [-0.15, -0.1) is 0 Å². The summed E-state index contributed by atoms with van der Waals surface area (Å²) in [7, 11) is 2.51. The first-order valence-electron chi connectivity index (χ1n) is 22.1. The molecule has 0 saturated carbocycles. The van der Waals surface area contributed by atoms with E-state index >= 15 is 0 Å². The summed E-state index contributed by atoms with van der Waals surface area (Å²) in [6, 6.07) is 42.0. The molecule has 4 aliphatic rings. The molecule has 0 atom stereocenters. The van der Waals surface area contributed by atoms with Gasteiger partial charge in [0.25, 0.3) is 0 Å². The van der Waals surface area contributed by atoms with Gasteiger partial charge in [0.05, 0.1) is 5.69 Å². The molecular weight excluding hydrogens is 711 g/mol. The second-order valence-electron chi connectivity index (χ2n) is 21.5. The Morgan fingerprint density at radius 3 is 1.75 bits per heavy atom. The Labute approximate surface area is 354 Å². The van der Waals surface area contributed by atoms with Crippen LogP contribution < -0.4 is 21.1 Å². The summed E-state index contributed by atoms with van der Waals surface area (Å²) >= 11 is 0. The van der Waals surface area contributed by atoms with Gasteiger partial charge in [0, 0.05) is 33.7 Å². The molecule has 1 radical (unpaired) electrons. The molecule has 6 aromatic rings. The first kappa shape index (κ1) is 38.2. The van der Waals surface area contributed by atoms with Crippen molar-refractivity contribution in [1.82, 2.24) is 0 Å². The largest absolute Gasteiger partial charge is 0.355 e. The van der Waals surface area contributed by atoms with E-state index in [0.29, 0.717) is 0 Å². The van der Waals surface area contributed by atoms with Gasteiger partial charge in [-0.2, -0.15) is 0 Å². The van der Waals surface area contributed by atoms with E-state index in [-0.39, 0.29) is 27.1 Å². The van der Waals surface area contributed by atoms with E-state index in [1.165, 1.54) is 115 Å². The van der Waals surface area contributed by atoms with E-state index in [2.05, 4.69) is 203 Å². The molecule has 2 heterocycles. The number of rotatable bonds is 4. The number of nitrogens with one attached hydrogen (secondary N) is 1. The highest BCUT2D eigenvalue weighted by molar-refractivity contribution is 6.73. The number of nitrogens with zero attached hydrogens (tertiary/aromatic N) is 1. The first-order chi connectivity index (χ1) is 27.9. The molecule has 3 heteroatoms. The minimum Gasteiger partial charge on any atom is -0.355 e. The Kier molecular flexibility index (Phi) is 8.25. The van der Waals surface area contributed by atoms with Crippen molar-refractivity contribution < 1.29 is 0 Å². The molecule has 297 valence electrons. The van der Waals surface area contributed by atoms with E-state index in [9.17, 15) is 0 Å². The third kappa shape index (κ3) is 5.81. The maximum atomic E-state index is 3.98. The van der Waals surface area contributed by atoms with Crippen LogP contribution in [-0.4, -0.2) is 7.28 Å². The van der Waals surface area contributed by atoms with Crippen molar-refractivity contribution in [2.45, 2.75) is 129 Å². The van der Waals surface area contributed by atoms with Gasteiger partial charge in [0.1, 0.15) is 0 Å². The van der Waals surface area contributed by atoms with E-state index < -0.39 is 0 Å². The summed E-state index contributed by atoms with van der Waals surface area (Å²) < 4.78 is 0. The molecule has 6 aromatic carbocycles. The lowest BCUT2D eigenvalue weighted by molar-refractivity contribution is 0.331. The monoisotopic (exact) mass is 771 g/mol. The van der Waals surface area contributed by atoms with Crippen LogP contribution in [0.4, 0.5) is 28.4 Å². The Morgan fingerprint density at radius 2 is 1.08 bits per heavy atom. The zero-order valence-electron chi connectivity index (χ0n) is 37.2. The molecule has 10 rings (SSSR count). The second kappa shape index (κ2) is 12.7. The Hall–Kier alpha value is -5.02. The van der Waals surface area contributed by atoms with Crippen LogP contribution in [0.5, 0.6) is 0 Å². The van der Waals surface area contributed by atoms with Crippen LogP contribution in [0.3, 0.4) is 0 Å². The van der Waals surface area contributed by atoms with Crippen molar-refractivity contribution >= 4 is 46.6 Å². The maximum Gasteiger partial charge on any atom is 0.197 e. The molecule has 2 nitrogen and oxygen atoms in total. The number of hydrogen-bond donors (Lipinski definition) is 1. The lowest BCUT2D eigenvalue weighted by atomic mass is 9.55. The highest BCUT2D eigenvalue weighted by Crippen LogP contribution is 2.57. The van der Waals surface area contributed by atoms with Crippen LogP contribution in [0.1, 0.15) is 134 Å². The Bertz CT molecular complexity index is 2710. The van der Waals surface area contributed by atoms with Gasteiger partial charge in [-0.1, -0.05) is 141 Å². The van der Waals surface area contributed by atoms with Crippen LogP contribution >= 0.6 is 0 Å². The zero-order valence-corrected chi connectivity index (χ0v) is 37.2. The molecular formula is C56H60BN2. The average Bonchev–Trinajstić information content (AvgIpc) is 3.20. The molecule has 2 aliphatic carbocycles. The third-order valence-corrected chi connectivity index (χ3v) is 15.3. The molecule has 0 unspecified atom stereocenters. The molecule has 0 aromatic heterocycles. The Morgan fingerprint density at radius 1 is 0.492 bits per heavy atom. The van der Waals surface area contributed by atoms with Crippen molar-refractivity contribution in [1.29, 1.82) is 0 Å². The zero-order chi connectivity index (χ0) is 41.4. The van der Waals surface area contributed by atoms with Crippen molar-refractivity contribution in [3.63, 3.8) is 0 Å². The van der Waals surface area contributed by atoms with E-state index in [0.717, 1.165) is 11.4 Å². The molecule has 0 spiro atoms. The summed E-state index contributed by atoms with van der Waals surface area (Å²) in [6.07, 6.45) is 4.72. The van der Waals surface area contributed by atoms with Gasteiger partial charge < -0.3 is 10.2 Å². The lowest BCUT2D eigenvalue weighted by Gasteiger charge is -2.49. The van der Waals surface area contributed by atoms with Crippen molar-refractivity contribution in [2.75, 3.05) is 10.2 Å². The van der Waals surface area contributed by atoms with E-state index in [1.807, 2.05) is 0 Å². The van der Waals surface area contributed by atoms with Crippen molar-refractivity contribution in [3.05, 3.63) is 148 Å². The Balaban J connectivity index is 1.32. The van der Waals surface area contributed by atoms with Crippen LogP contribution in [0.2, 0.25) is 0 Å². The number of benzene rings is 6. The fraction of sp³-hybridized carbons (Fsp3) is 0.357. The predicted molar refractivity (Wildman–Crippen MR) is 254 cm³/mol. The standard InChI is InChI=1S/C56H60BN2/c1-34-18-15-16-21-37(34)35-28-39(38-30-41-43(54(6,7)26-24-52(41,2)3)32-47(38)58-36-19-13-12-14-20-36)50-49(29-35)59-48-33-44-42(53(4,5)25-27-55(44,8)9)31-45(48)56(10,11)40-22-17-23-46(57-50)51(40)59/h12-23,28-33,58H,24-27H2,1-11H3. The van der Waals surface area contributed by atoms with Gasteiger partial charge in [-0.3, -0.25) is 0 Å². The van der Waals surface area contributed by atoms with E-state index in [1.54, 1.807) is 0 Å². The summed E-state index contributed by atoms with van der Waals surface area (Å²) in [4.78, 5) is 2.68. The van der Waals surface area contributed by atoms with Gasteiger partial charge in [0.15, 0.2) is 7.28 Å². The quantitative estimate of drug-likeness (QED) is 0.179. The highest BCUT2D eigenvalue weighted by atomic mass is 15.2. The molecule has 0 bridgehead atoms. The summed E-state index contributed by atoms with van der Waals surface area (Å²) in [6.45, 7) is 26.8. The number of anilines is 5.